The Kier molecular flexibility index (Phi) is 21.8. The lowest BCUT2D eigenvalue weighted by molar-refractivity contribution is -0.298. The number of fused-ring (bicyclic) bond motifs is 2. The van der Waals surface area contributed by atoms with E-state index in [-0.39, 0.29) is 45.3 Å². The average Bonchev–Trinajstić information content (AvgIpc) is 3.16. The molecule has 13 N–H and O–H groups in total. The van der Waals surface area contributed by atoms with Gasteiger partial charge in [0.2, 0.25) is 0 Å². The van der Waals surface area contributed by atoms with Crippen LogP contribution in [0.25, 0.3) is 0 Å². The van der Waals surface area contributed by atoms with Gasteiger partial charge in [0.15, 0.2) is 12.1 Å². The first kappa shape index (κ1) is 51.0. The predicted octanol–water partition coefficient (Wildman–Crippen LogP) is -0.481. The number of ether oxygens (including phenoxy) is 4. The van der Waals surface area contributed by atoms with Crippen molar-refractivity contribution in [3.63, 3.8) is 0 Å². The molecule has 3 rings (SSSR count). The minimum Gasteiger partial charge on any atom is -0.481 e. The van der Waals surface area contributed by atoms with Crippen LogP contribution in [0, 0.1) is 5.92 Å². The SMILES string of the molecule is CCCCC1C/C=C/C=C/C=C/C=C/C(O[C@@H]2OC[C@@H](O)[C@H](N)[C@@H]2O)CC2OC(O)(CC(O)CC(O)CC(O)CC(O)C(C)C(=O)O1)CC(O)C2NC(=O)NCCC(=O)O. The Bertz CT molecular complexity index is 1450. The average molecular weight is 858 g/mol. The summed E-state index contributed by atoms with van der Waals surface area (Å²) in [6, 6.07) is -3.20. The molecule has 0 aromatic carbocycles. The van der Waals surface area contributed by atoms with Crippen LogP contribution in [0.2, 0.25) is 0 Å². The Morgan fingerprint density at radius 2 is 1.57 bits per heavy atom. The molecule has 3 heterocycles. The number of hydrogen-bond donors (Lipinski definition) is 12. The second-order valence-electron chi connectivity index (χ2n) is 15.9. The summed E-state index contributed by atoms with van der Waals surface area (Å²) < 4.78 is 23.5. The van der Waals surface area contributed by atoms with Crippen molar-refractivity contribution in [1.29, 1.82) is 0 Å². The highest BCUT2D eigenvalue weighted by atomic mass is 16.7. The van der Waals surface area contributed by atoms with E-state index in [0.717, 1.165) is 12.8 Å². The van der Waals surface area contributed by atoms with E-state index in [4.69, 9.17) is 29.8 Å². The van der Waals surface area contributed by atoms with Gasteiger partial charge in [0.05, 0.1) is 79.9 Å². The molecule has 19 heteroatoms. The van der Waals surface area contributed by atoms with Crippen molar-refractivity contribution >= 4 is 18.0 Å². The normalized spacial score (nSPS) is 40.3. The number of carboxylic acids is 1. The number of carbonyl (C=O) groups excluding carboxylic acids is 2. The highest BCUT2D eigenvalue weighted by molar-refractivity contribution is 5.75. The van der Waals surface area contributed by atoms with Gasteiger partial charge in [-0.2, -0.15) is 0 Å². The smallest absolute Gasteiger partial charge is 0.315 e. The second kappa shape index (κ2) is 25.6. The predicted molar refractivity (Wildman–Crippen MR) is 214 cm³/mol. The van der Waals surface area contributed by atoms with Crippen LogP contribution in [-0.2, 0) is 28.5 Å². The molecule has 11 unspecified atom stereocenters. The quantitative estimate of drug-likeness (QED) is 0.130. The summed E-state index contributed by atoms with van der Waals surface area (Å²) in [4.78, 5) is 36.8. The van der Waals surface area contributed by atoms with Crippen LogP contribution in [0.4, 0.5) is 4.79 Å². The van der Waals surface area contributed by atoms with E-state index < -0.39 is 122 Å². The minimum atomic E-state index is -2.24. The molecular weight excluding hydrogens is 790 g/mol. The van der Waals surface area contributed by atoms with E-state index >= 15 is 0 Å². The Morgan fingerprint density at radius 3 is 2.27 bits per heavy atom. The van der Waals surface area contributed by atoms with Crippen molar-refractivity contribution in [1.82, 2.24) is 10.6 Å². The standard InChI is InChI=1S/C41H67N3O16/c1-3-4-12-28-13-10-8-6-5-7-9-11-14-29(59-39-37(53)35(42)32(50)23-57-39)20-33-36(44-40(55)43-16-15-34(51)52)31(49)22-41(56,60-33)21-27(47)18-25(45)17-26(46)19-30(48)24(2)38(54)58-28/h5-11,14,24-33,35-37,39,45-50,53,56H,3-4,12-13,15-23,42H2,1-2H3,(H,51,52)(H2,43,44,55)/b6-5+,9-7+,10-8+,14-11+/t24?,25?,26?,27?,28?,29?,30?,31?,32-,33?,35+,36?,37+,39+,41?/m1/s1. The molecule has 0 aromatic rings. The maximum atomic E-state index is 13.0. The van der Waals surface area contributed by atoms with Crippen LogP contribution < -0.4 is 16.4 Å². The number of allylic oxidation sites excluding steroid dienone is 6. The van der Waals surface area contributed by atoms with E-state index in [1.165, 1.54) is 6.92 Å². The zero-order valence-electron chi connectivity index (χ0n) is 34.4. The number of carbonyl (C=O) groups is 3. The molecule has 3 aliphatic rings. The molecular formula is C41H67N3O16. The number of aliphatic carboxylic acids is 1. The van der Waals surface area contributed by atoms with Crippen molar-refractivity contribution in [2.45, 2.75) is 170 Å². The molecule has 2 saturated heterocycles. The Labute approximate surface area is 350 Å². The lowest BCUT2D eigenvalue weighted by atomic mass is 9.87. The topological polar surface area (TPSA) is 320 Å². The number of aliphatic hydroxyl groups is 8. The van der Waals surface area contributed by atoms with Gasteiger partial charge in [-0.25, -0.2) is 4.79 Å². The third kappa shape index (κ3) is 17.6. The lowest BCUT2D eigenvalue weighted by Crippen LogP contribution is -2.63. The molecule has 2 bridgehead atoms. The maximum absolute atomic E-state index is 13.0. The largest absolute Gasteiger partial charge is 0.481 e. The van der Waals surface area contributed by atoms with Gasteiger partial charge >= 0.3 is 18.0 Å². The van der Waals surface area contributed by atoms with E-state index in [1.807, 2.05) is 13.0 Å². The molecule has 2 fully saturated rings. The number of nitrogens with two attached hydrogens (primary N) is 1. The number of hydrogen-bond acceptors (Lipinski definition) is 16. The molecule has 0 spiro atoms. The number of esters is 1. The zero-order valence-corrected chi connectivity index (χ0v) is 34.4. The van der Waals surface area contributed by atoms with Gasteiger partial charge in [0.25, 0.3) is 0 Å². The summed E-state index contributed by atoms with van der Waals surface area (Å²) in [5, 5.41) is 101. The number of urea groups is 1. The molecule has 0 aromatic heterocycles. The molecule has 342 valence electrons. The number of cyclic esters (lactones) is 1. The molecule has 60 heavy (non-hydrogen) atoms. The first-order valence-corrected chi connectivity index (χ1v) is 20.7. The number of carboxylic acid groups (broad SMARTS) is 1. The Balaban J connectivity index is 1.95. The van der Waals surface area contributed by atoms with Gasteiger partial charge < -0.3 is 81.3 Å². The third-order valence-electron chi connectivity index (χ3n) is 10.6. The van der Waals surface area contributed by atoms with Gasteiger partial charge in [-0.05, 0) is 26.2 Å². The van der Waals surface area contributed by atoms with Crippen molar-refractivity contribution in [3.8, 4) is 0 Å². The maximum Gasteiger partial charge on any atom is 0.315 e. The van der Waals surface area contributed by atoms with E-state index in [1.54, 1.807) is 42.5 Å². The van der Waals surface area contributed by atoms with Crippen LogP contribution in [0.5, 0.6) is 0 Å². The highest BCUT2D eigenvalue weighted by Crippen LogP contribution is 2.35. The summed E-state index contributed by atoms with van der Waals surface area (Å²) in [6.07, 6.45) is 0.164. The van der Waals surface area contributed by atoms with Gasteiger partial charge in [0.1, 0.15) is 12.2 Å². The van der Waals surface area contributed by atoms with Gasteiger partial charge in [0, 0.05) is 38.6 Å². The fraction of sp³-hybridized carbons (Fsp3) is 0.732. The summed E-state index contributed by atoms with van der Waals surface area (Å²) >= 11 is 0. The Hall–Kier alpha value is -3.31. The summed E-state index contributed by atoms with van der Waals surface area (Å²) in [6.45, 7) is 3.02. The molecule has 0 saturated carbocycles. The Morgan fingerprint density at radius 1 is 0.900 bits per heavy atom. The van der Waals surface area contributed by atoms with Crippen molar-refractivity contribution in [2.24, 2.45) is 11.7 Å². The highest BCUT2D eigenvalue weighted by Gasteiger charge is 2.48. The number of nitrogens with one attached hydrogen (secondary N) is 2. The molecule has 3 aliphatic heterocycles. The monoisotopic (exact) mass is 857 g/mol. The number of aliphatic hydroxyl groups excluding tert-OH is 7. The minimum absolute atomic E-state index is 0.220. The van der Waals surface area contributed by atoms with Gasteiger partial charge in [-0.3, -0.25) is 9.59 Å². The summed E-state index contributed by atoms with van der Waals surface area (Å²) in [5.41, 5.74) is 5.97. The van der Waals surface area contributed by atoms with Crippen LogP contribution in [0.15, 0.2) is 48.6 Å². The fourth-order valence-corrected chi connectivity index (χ4v) is 7.21. The number of rotatable bonds is 9. The van der Waals surface area contributed by atoms with Crippen molar-refractivity contribution < 1.29 is 79.3 Å². The molecule has 0 radical (unpaired) electrons. The number of amides is 2. The van der Waals surface area contributed by atoms with E-state index in [2.05, 4.69) is 10.6 Å². The first-order chi connectivity index (χ1) is 28.4. The van der Waals surface area contributed by atoms with Crippen LogP contribution in [0.3, 0.4) is 0 Å². The molecule has 15 atom stereocenters. The zero-order chi connectivity index (χ0) is 44.4. The van der Waals surface area contributed by atoms with Crippen LogP contribution in [0.1, 0.15) is 84.5 Å². The summed E-state index contributed by atoms with van der Waals surface area (Å²) in [5.74, 6) is -5.00. The second-order valence-corrected chi connectivity index (χ2v) is 15.9. The molecule has 0 aliphatic carbocycles. The van der Waals surface area contributed by atoms with E-state index in [9.17, 15) is 55.2 Å². The third-order valence-corrected chi connectivity index (χ3v) is 10.6. The molecule has 19 nitrogen and oxygen atoms in total. The first-order valence-electron chi connectivity index (χ1n) is 20.7. The fourth-order valence-electron chi connectivity index (χ4n) is 7.21. The van der Waals surface area contributed by atoms with E-state index in [0.29, 0.717) is 12.8 Å². The van der Waals surface area contributed by atoms with Crippen molar-refractivity contribution in [3.05, 3.63) is 48.6 Å². The molecule has 2 amide bonds. The van der Waals surface area contributed by atoms with Gasteiger partial charge in [-0.1, -0.05) is 68.4 Å². The number of unbranched alkanes of at least 4 members (excludes halogenated alkanes) is 1. The lowest BCUT2D eigenvalue weighted by Gasteiger charge is -2.46. The van der Waals surface area contributed by atoms with Gasteiger partial charge in [-0.15, -0.1) is 0 Å². The van der Waals surface area contributed by atoms with Crippen LogP contribution in [-0.4, -0.2) is 162 Å². The van der Waals surface area contributed by atoms with Crippen LogP contribution >= 0.6 is 0 Å². The van der Waals surface area contributed by atoms with Crippen molar-refractivity contribution in [2.75, 3.05) is 13.2 Å². The summed E-state index contributed by atoms with van der Waals surface area (Å²) in [7, 11) is 0.